The molecule has 3 nitrogen and oxygen atoms in total. The zero-order valence-corrected chi connectivity index (χ0v) is 11.5. The zero-order chi connectivity index (χ0) is 20.9. The summed E-state index contributed by atoms with van der Waals surface area (Å²) in [5, 5.41) is 16.8. The molecule has 0 aliphatic carbocycles. The number of rotatable bonds is 2. The van der Waals surface area contributed by atoms with Crippen molar-refractivity contribution in [3.05, 3.63) is 28.3 Å². The van der Waals surface area contributed by atoms with Crippen LogP contribution in [0.4, 0.5) is 52.7 Å². The first kappa shape index (κ1) is 26.2. The van der Waals surface area contributed by atoms with Gasteiger partial charge in [0.25, 0.3) is 0 Å². The fourth-order valence-corrected chi connectivity index (χ4v) is 1.95. The number of halogens is 12. The first-order valence-electron chi connectivity index (χ1n) is 5.80. The molecule has 2 N–H and O–H groups in total. The third-order valence-electron chi connectivity index (χ3n) is 2.68. The van der Waals surface area contributed by atoms with E-state index in [1.54, 1.807) is 0 Å². The SMILES string of the molecule is OB(O)Oc1cc(C(F)(F)F)c(C(F)(F)F)c(C(F)(F)F)c1C(F)(F)F.[NaH]. The minimum absolute atomic E-state index is 0. The van der Waals surface area contributed by atoms with Crippen molar-refractivity contribution in [3.8, 4) is 5.75 Å². The predicted octanol–water partition coefficient (Wildman–Crippen LogP) is 3.46. The van der Waals surface area contributed by atoms with Gasteiger partial charge in [-0.15, -0.1) is 0 Å². The molecule has 27 heavy (non-hydrogen) atoms. The van der Waals surface area contributed by atoms with E-state index < -0.39 is 66.1 Å². The number of benzene rings is 1. The van der Waals surface area contributed by atoms with Crippen molar-refractivity contribution in [1.29, 1.82) is 0 Å². The molecule has 1 aromatic rings. The molecule has 0 atom stereocenters. The van der Waals surface area contributed by atoms with E-state index >= 15 is 0 Å². The van der Waals surface area contributed by atoms with Crippen LogP contribution in [0.2, 0.25) is 0 Å². The molecular formula is C10H4BF12NaO3. The maximum absolute atomic E-state index is 12.9. The summed E-state index contributed by atoms with van der Waals surface area (Å²) in [6.45, 7) is 0. The van der Waals surface area contributed by atoms with E-state index in [0.29, 0.717) is 0 Å². The topological polar surface area (TPSA) is 49.7 Å². The summed E-state index contributed by atoms with van der Waals surface area (Å²) in [4.78, 5) is 0. The fraction of sp³-hybridized carbons (Fsp3) is 0.400. The van der Waals surface area contributed by atoms with Crippen molar-refractivity contribution in [2.45, 2.75) is 24.7 Å². The molecule has 0 fully saturated rings. The van der Waals surface area contributed by atoms with Gasteiger partial charge in [0.15, 0.2) is 0 Å². The van der Waals surface area contributed by atoms with Gasteiger partial charge in [0.05, 0.1) is 16.7 Å². The van der Waals surface area contributed by atoms with Gasteiger partial charge in [0, 0.05) is 0 Å². The quantitative estimate of drug-likeness (QED) is 0.554. The first-order valence-corrected chi connectivity index (χ1v) is 5.80. The van der Waals surface area contributed by atoms with E-state index in [1.807, 2.05) is 0 Å². The molecule has 0 saturated carbocycles. The van der Waals surface area contributed by atoms with Crippen molar-refractivity contribution in [1.82, 2.24) is 0 Å². The Morgan fingerprint density at radius 1 is 0.630 bits per heavy atom. The first-order chi connectivity index (χ1) is 11.3. The number of hydrogen-bond acceptors (Lipinski definition) is 3. The van der Waals surface area contributed by atoms with Gasteiger partial charge in [0.1, 0.15) is 11.3 Å². The molecule has 17 heteroatoms. The summed E-state index contributed by atoms with van der Waals surface area (Å²) in [6, 6.07) is -1.04. The van der Waals surface area contributed by atoms with E-state index in [0.717, 1.165) is 0 Å². The summed E-state index contributed by atoms with van der Waals surface area (Å²) >= 11 is 0. The third kappa shape index (κ3) is 6.07. The maximum atomic E-state index is 12.9. The van der Waals surface area contributed by atoms with Crippen molar-refractivity contribution < 1.29 is 67.4 Å². The summed E-state index contributed by atoms with van der Waals surface area (Å²) in [6.07, 6.45) is -25.5. The van der Waals surface area contributed by atoms with Gasteiger partial charge < -0.3 is 14.7 Å². The predicted molar refractivity (Wildman–Crippen MR) is 64.4 cm³/mol. The second-order valence-electron chi connectivity index (χ2n) is 4.48. The molecular weight excluding hydrogens is 430 g/mol. The molecule has 150 valence electrons. The Bertz CT molecular complexity index is 676. The summed E-state index contributed by atoms with van der Waals surface area (Å²) < 4.78 is 158. The Balaban J connectivity index is 0.00000676. The molecule has 0 aromatic heterocycles. The van der Waals surface area contributed by atoms with Gasteiger partial charge in [-0.05, 0) is 6.07 Å². The Hall–Kier alpha value is -0.835. The van der Waals surface area contributed by atoms with Gasteiger partial charge in [-0.2, -0.15) is 52.7 Å². The van der Waals surface area contributed by atoms with Crippen LogP contribution in [0.25, 0.3) is 0 Å². The van der Waals surface area contributed by atoms with Crippen LogP contribution in [0.1, 0.15) is 22.3 Å². The fourth-order valence-electron chi connectivity index (χ4n) is 1.95. The van der Waals surface area contributed by atoms with E-state index in [2.05, 4.69) is 4.65 Å². The summed E-state index contributed by atoms with van der Waals surface area (Å²) in [5.74, 6) is -2.50. The molecule has 0 aliphatic heterocycles. The normalized spacial score (nSPS) is 13.3. The van der Waals surface area contributed by atoms with E-state index in [1.165, 1.54) is 0 Å². The van der Waals surface area contributed by atoms with Crippen LogP contribution in [0.3, 0.4) is 0 Å². The van der Waals surface area contributed by atoms with Crippen LogP contribution in [0.5, 0.6) is 5.75 Å². The standard InChI is InChI=1S/C10H3BF12O3.Na.H/c12-7(13,14)2-1-3(26-11(24)25)5(9(18,19)20)6(10(21,22)23)4(2)8(15,16)17;;/h1,24-25H;;. The Morgan fingerprint density at radius 3 is 1.26 bits per heavy atom. The second kappa shape index (κ2) is 7.89. The molecule has 0 radical (unpaired) electrons. The molecule has 0 aliphatic rings. The Morgan fingerprint density at radius 2 is 1.00 bits per heavy atom. The molecule has 0 spiro atoms. The van der Waals surface area contributed by atoms with Crippen LogP contribution >= 0.6 is 0 Å². The zero-order valence-electron chi connectivity index (χ0n) is 11.5. The van der Waals surface area contributed by atoms with Crippen LogP contribution in [0, 0.1) is 0 Å². The van der Waals surface area contributed by atoms with Crippen molar-refractivity contribution >= 4 is 36.9 Å². The van der Waals surface area contributed by atoms with Crippen molar-refractivity contribution in [3.63, 3.8) is 0 Å². The second-order valence-corrected chi connectivity index (χ2v) is 4.48. The van der Waals surface area contributed by atoms with Gasteiger partial charge in [-0.3, -0.25) is 0 Å². The average Bonchev–Trinajstić information content (AvgIpc) is 2.31. The van der Waals surface area contributed by atoms with Crippen LogP contribution in [-0.2, 0) is 24.7 Å². The molecule has 1 aromatic carbocycles. The van der Waals surface area contributed by atoms with Crippen LogP contribution in [-0.4, -0.2) is 46.9 Å². The molecule has 0 amide bonds. The Kier molecular flexibility index (Phi) is 7.64. The summed E-state index contributed by atoms with van der Waals surface area (Å²) in [5.41, 5.74) is -13.8. The van der Waals surface area contributed by atoms with Crippen molar-refractivity contribution in [2.75, 3.05) is 0 Å². The van der Waals surface area contributed by atoms with Crippen molar-refractivity contribution in [2.24, 2.45) is 0 Å². The number of hydrogen-bond donors (Lipinski definition) is 2. The van der Waals surface area contributed by atoms with E-state index in [4.69, 9.17) is 10.0 Å². The number of alkyl halides is 12. The van der Waals surface area contributed by atoms with E-state index in [-0.39, 0.29) is 29.6 Å². The van der Waals surface area contributed by atoms with Crippen LogP contribution in [0.15, 0.2) is 6.07 Å². The van der Waals surface area contributed by atoms with Gasteiger partial charge in [-0.1, -0.05) is 0 Å². The molecule has 1 rings (SSSR count). The molecule has 0 heterocycles. The van der Waals surface area contributed by atoms with Crippen LogP contribution < -0.4 is 4.65 Å². The average molecular weight is 434 g/mol. The van der Waals surface area contributed by atoms with Gasteiger partial charge in [-0.25, -0.2) is 0 Å². The Labute approximate surface area is 163 Å². The summed E-state index contributed by atoms with van der Waals surface area (Å²) in [7, 11) is -3.35. The van der Waals surface area contributed by atoms with Gasteiger partial charge >= 0.3 is 61.6 Å². The van der Waals surface area contributed by atoms with Gasteiger partial charge in [0.2, 0.25) is 0 Å². The minimum atomic E-state index is -6.56. The molecule has 0 unspecified atom stereocenters. The molecule has 0 bridgehead atoms. The van der Waals surface area contributed by atoms with E-state index in [9.17, 15) is 52.7 Å². The third-order valence-corrected chi connectivity index (χ3v) is 2.68. The monoisotopic (exact) mass is 434 g/mol. The molecule has 0 saturated heterocycles.